The fourth-order valence-electron chi connectivity index (χ4n) is 1.84. The minimum atomic E-state index is 0.608. The van der Waals surface area contributed by atoms with Crippen LogP contribution in [0.15, 0.2) is 12.5 Å². The van der Waals surface area contributed by atoms with Gasteiger partial charge in [-0.25, -0.2) is 9.97 Å². The number of nitrogens with one attached hydrogen (secondary N) is 1. The first-order chi connectivity index (χ1) is 7.81. The number of nitrogen functional groups attached to an aromatic ring is 1. The third-order valence-corrected chi connectivity index (χ3v) is 2.90. The van der Waals surface area contributed by atoms with Gasteiger partial charge < -0.3 is 11.1 Å². The van der Waals surface area contributed by atoms with Gasteiger partial charge in [-0.3, -0.25) is 4.90 Å². The summed E-state index contributed by atoms with van der Waals surface area (Å²) < 4.78 is 0. The molecule has 5 heteroatoms. The van der Waals surface area contributed by atoms with Crippen LogP contribution in [0.4, 0.5) is 11.5 Å². The Kier molecular flexibility index (Phi) is 3.56. The molecule has 0 amide bonds. The van der Waals surface area contributed by atoms with E-state index in [9.17, 15) is 0 Å². The summed E-state index contributed by atoms with van der Waals surface area (Å²) in [6.07, 6.45) is 5.83. The van der Waals surface area contributed by atoms with Crippen molar-refractivity contribution in [3.8, 4) is 0 Å². The fourth-order valence-corrected chi connectivity index (χ4v) is 1.84. The van der Waals surface area contributed by atoms with Crippen LogP contribution in [-0.2, 0) is 0 Å². The molecule has 1 aliphatic carbocycles. The molecule has 16 heavy (non-hydrogen) atoms. The van der Waals surface area contributed by atoms with Crippen LogP contribution in [0.1, 0.15) is 19.8 Å². The molecule has 2 rings (SSSR count). The van der Waals surface area contributed by atoms with Crippen LogP contribution >= 0.6 is 0 Å². The minimum Gasteiger partial charge on any atom is -0.394 e. The van der Waals surface area contributed by atoms with Gasteiger partial charge in [0.15, 0.2) is 5.82 Å². The third-order valence-electron chi connectivity index (χ3n) is 2.90. The van der Waals surface area contributed by atoms with E-state index in [1.54, 1.807) is 6.20 Å². The van der Waals surface area contributed by atoms with E-state index < -0.39 is 0 Å². The smallest absolute Gasteiger partial charge is 0.152 e. The summed E-state index contributed by atoms with van der Waals surface area (Å²) in [4.78, 5) is 10.4. The average Bonchev–Trinajstić information content (AvgIpc) is 3.11. The molecule has 1 saturated carbocycles. The van der Waals surface area contributed by atoms with Gasteiger partial charge in [0.2, 0.25) is 0 Å². The summed E-state index contributed by atoms with van der Waals surface area (Å²) in [6.45, 7) is 5.25. The van der Waals surface area contributed by atoms with Gasteiger partial charge in [-0.1, -0.05) is 6.92 Å². The Hall–Kier alpha value is -1.36. The zero-order chi connectivity index (χ0) is 11.4. The standard InChI is InChI=1S/C11H19N5/c1-2-16(9-3-4-9)6-5-14-11-10(12)7-13-8-15-11/h7-9H,2-6,12H2,1H3,(H,13,14,15). The molecule has 0 saturated heterocycles. The van der Waals surface area contributed by atoms with Crippen molar-refractivity contribution in [2.75, 3.05) is 30.7 Å². The molecule has 0 spiro atoms. The molecule has 0 bridgehead atoms. The molecule has 88 valence electrons. The van der Waals surface area contributed by atoms with Crippen LogP contribution in [0.2, 0.25) is 0 Å². The lowest BCUT2D eigenvalue weighted by Gasteiger charge is -2.20. The lowest BCUT2D eigenvalue weighted by molar-refractivity contribution is 0.289. The monoisotopic (exact) mass is 221 g/mol. The van der Waals surface area contributed by atoms with Crippen LogP contribution in [0.5, 0.6) is 0 Å². The average molecular weight is 221 g/mol. The second kappa shape index (κ2) is 5.12. The zero-order valence-electron chi connectivity index (χ0n) is 9.69. The van der Waals surface area contributed by atoms with Crippen molar-refractivity contribution >= 4 is 11.5 Å². The van der Waals surface area contributed by atoms with Gasteiger partial charge in [0.25, 0.3) is 0 Å². The Balaban J connectivity index is 1.77. The van der Waals surface area contributed by atoms with Crippen molar-refractivity contribution < 1.29 is 0 Å². The Morgan fingerprint density at radius 3 is 3.00 bits per heavy atom. The van der Waals surface area contributed by atoms with Gasteiger partial charge >= 0.3 is 0 Å². The minimum absolute atomic E-state index is 0.608. The second-order valence-electron chi connectivity index (χ2n) is 4.11. The maximum atomic E-state index is 5.74. The summed E-state index contributed by atoms with van der Waals surface area (Å²) in [5.41, 5.74) is 6.35. The van der Waals surface area contributed by atoms with E-state index in [2.05, 4.69) is 27.1 Å². The highest BCUT2D eigenvalue weighted by Gasteiger charge is 2.27. The molecule has 0 aromatic carbocycles. The lowest BCUT2D eigenvalue weighted by Crippen LogP contribution is -2.31. The summed E-state index contributed by atoms with van der Waals surface area (Å²) >= 11 is 0. The van der Waals surface area contributed by atoms with Crippen molar-refractivity contribution in [3.63, 3.8) is 0 Å². The van der Waals surface area contributed by atoms with E-state index >= 15 is 0 Å². The molecule has 0 unspecified atom stereocenters. The highest BCUT2D eigenvalue weighted by Crippen LogP contribution is 2.26. The largest absolute Gasteiger partial charge is 0.394 e. The molecular weight excluding hydrogens is 202 g/mol. The SMILES string of the molecule is CCN(CCNc1ncncc1N)C1CC1. The second-order valence-corrected chi connectivity index (χ2v) is 4.11. The summed E-state index contributed by atoms with van der Waals surface area (Å²) in [7, 11) is 0. The Bertz CT molecular complexity index is 337. The number of likely N-dealkylation sites (N-methyl/N-ethyl adjacent to an activating group) is 1. The first-order valence-corrected chi connectivity index (χ1v) is 5.84. The van der Waals surface area contributed by atoms with Gasteiger partial charge in [0.1, 0.15) is 6.33 Å². The van der Waals surface area contributed by atoms with E-state index in [-0.39, 0.29) is 0 Å². The maximum absolute atomic E-state index is 5.74. The highest BCUT2D eigenvalue weighted by molar-refractivity contribution is 5.58. The molecule has 3 N–H and O–H groups in total. The van der Waals surface area contributed by atoms with Crippen LogP contribution in [0, 0.1) is 0 Å². The van der Waals surface area contributed by atoms with Gasteiger partial charge in [-0.05, 0) is 19.4 Å². The van der Waals surface area contributed by atoms with Crippen molar-refractivity contribution in [1.82, 2.24) is 14.9 Å². The van der Waals surface area contributed by atoms with E-state index in [0.29, 0.717) is 5.69 Å². The number of nitrogens with two attached hydrogens (primary N) is 1. The van der Waals surface area contributed by atoms with Crippen molar-refractivity contribution in [1.29, 1.82) is 0 Å². The number of anilines is 2. The Morgan fingerprint density at radius 1 is 1.56 bits per heavy atom. The van der Waals surface area contributed by atoms with Crippen molar-refractivity contribution in [2.24, 2.45) is 0 Å². The molecule has 1 aliphatic rings. The Labute approximate surface area is 96.1 Å². The van der Waals surface area contributed by atoms with E-state index in [4.69, 9.17) is 5.73 Å². The molecule has 1 heterocycles. The predicted molar refractivity (Wildman–Crippen MR) is 65.2 cm³/mol. The van der Waals surface area contributed by atoms with E-state index in [1.165, 1.54) is 19.2 Å². The van der Waals surface area contributed by atoms with Gasteiger partial charge in [-0.2, -0.15) is 0 Å². The van der Waals surface area contributed by atoms with Gasteiger partial charge in [0.05, 0.1) is 11.9 Å². The summed E-state index contributed by atoms with van der Waals surface area (Å²) in [5.74, 6) is 0.738. The molecular formula is C11H19N5. The topological polar surface area (TPSA) is 67.1 Å². The maximum Gasteiger partial charge on any atom is 0.152 e. The van der Waals surface area contributed by atoms with Crippen LogP contribution in [-0.4, -0.2) is 40.5 Å². The highest BCUT2D eigenvalue weighted by atomic mass is 15.2. The first-order valence-electron chi connectivity index (χ1n) is 5.84. The normalized spacial score (nSPS) is 15.4. The Morgan fingerprint density at radius 2 is 2.38 bits per heavy atom. The van der Waals surface area contributed by atoms with Crippen LogP contribution in [0.3, 0.4) is 0 Å². The number of hydrogen-bond donors (Lipinski definition) is 2. The molecule has 0 aliphatic heterocycles. The first kappa shape index (κ1) is 11.1. The zero-order valence-corrected chi connectivity index (χ0v) is 9.69. The van der Waals surface area contributed by atoms with Crippen molar-refractivity contribution in [3.05, 3.63) is 12.5 Å². The van der Waals surface area contributed by atoms with Crippen LogP contribution in [0.25, 0.3) is 0 Å². The predicted octanol–water partition coefficient (Wildman–Crippen LogP) is 0.955. The van der Waals surface area contributed by atoms with Gasteiger partial charge in [-0.15, -0.1) is 0 Å². The van der Waals surface area contributed by atoms with Gasteiger partial charge in [0, 0.05) is 19.1 Å². The summed E-state index contributed by atoms with van der Waals surface area (Å²) in [6, 6.07) is 0.814. The van der Waals surface area contributed by atoms with E-state index in [0.717, 1.165) is 31.5 Å². The molecule has 0 radical (unpaired) electrons. The number of rotatable bonds is 6. The molecule has 0 atom stereocenters. The van der Waals surface area contributed by atoms with E-state index in [1.807, 2.05) is 0 Å². The molecule has 5 nitrogen and oxygen atoms in total. The molecule has 1 aromatic heterocycles. The van der Waals surface area contributed by atoms with Crippen molar-refractivity contribution in [2.45, 2.75) is 25.8 Å². The number of aromatic nitrogens is 2. The quantitative estimate of drug-likeness (QED) is 0.748. The third kappa shape index (κ3) is 2.82. The number of hydrogen-bond acceptors (Lipinski definition) is 5. The summed E-state index contributed by atoms with van der Waals surface area (Å²) in [5, 5.41) is 3.24. The molecule has 1 fully saturated rings. The fraction of sp³-hybridized carbons (Fsp3) is 0.636. The molecule has 1 aromatic rings. The van der Waals surface area contributed by atoms with Crippen LogP contribution < -0.4 is 11.1 Å². The lowest BCUT2D eigenvalue weighted by atomic mass is 10.4. The number of nitrogens with zero attached hydrogens (tertiary/aromatic N) is 3.